The minimum Gasteiger partial charge on any atom is -0.320 e. The summed E-state index contributed by atoms with van der Waals surface area (Å²) in [5.74, 6) is -2.86. The van der Waals surface area contributed by atoms with E-state index >= 15 is 0 Å². The number of para-hydroxylation sites is 1. The molecule has 1 aromatic carbocycles. The average molecular weight is 456 g/mol. The van der Waals surface area contributed by atoms with E-state index in [2.05, 4.69) is 15.6 Å². The van der Waals surface area contributed by atoms with Crippen LogP contribution in [0, 0.1) is 0 Å². The molecule has 1 aromatic heterocycles. The predicted octanol–water partition coefficient (Wildman–Crippen LogP) is 6.18. The van der Waals surface area contributed by atoms with E-state index in [1.54, 1.807) is 24.4 Å². The molecule has 1 fully saturated rings. The van der Waals surface area contributed by atoms with Crippen LogP contribution in [-0.2, 0) is 0 Å². The van der Waals surface area contributed by atoms with Crippen molar-refractivity contribution in [2.24, 2.45) is 0 Å². The van der Waals surface area contributed by atoms with Gasteiger partial charge in [-0.2, -0.15) is 8.78 Å². The zero-order valence-electron chi connectivity index (χ0n) is 18.0. The van der Waals surface area contributed by atoms with Crippen molar-refractivity contribution in [2.45, 2.75) is 44.4 Å². The molecule has 2 heterocycles. The normalized spacial score (nSPS) is 17.8. The van der Waals surface area contributed by atoms with E-state index in [1.807, 2.05) is 24.3 Å². The SMILES string of the molecule is C/C=C/C(F)(F)C1=CC(c2ccccc2NC(=O)c2csc(C3CCNCC3)n2)=CCC1. The molecule has 0 radical (unpaired) electrons. The van der Waals surface area contributed by atoms with Crippen molar-refractivity contribution in [3.05, 3.63) is 75.8 Å². The highest BCUT2D eigenvalue weighted by Crippen LogP contribution is 2.37. The molecular formula is C25H27F2N3OS. The summed E-state index contributed by atoms with van der Waals surface area (Å²) in [4.78, 5) is 17.5. The molecule has 7 heteroatoms. The van der Waals surface area contributed by atoms with E-state index < -0.39 is 5.92 Å². The number of piperidine rings is 1. The summed E-state index contributed by atoms with van der Waals surface area (Å²) in [5.41, 5.74) is 2.49. The van der Waals surface area contributed by atoms with Crippen molar-refractivity contribution in [1.82, 2.24) is 10.3 Å². The zero-order valence-corrected chi connectivity index (χ0v) is 18.9. The van der Waals surface area contributed by atoms with Crippen LogP contribution >= 0.6 is 11.3 Å². The predicted molar refractivity (Wildman–Crippen MR) is 126 cm³/mol. The molecule has 0 spiro atoms. The van der Waals surface area contributed by atoms with Crippen molar-refractivity contribution in [1.29, 1.82) is 0 Å². The Morgan fingerprint density at radius 2 is 2.06 bits per heavy atom. The number of carbonyl (C=O) groups excluding carboxylic acids is 1. The highest BCUT2D eigenvalue weighted by Gasteiger charge is 2.31. The number of carbonyl (C=O) groups is 1. The Labute approximate surface area is 191 Å². The Morgan fingerprint density at radius 3 is 2.84 bits per heavy atom. The number of benzene rings is 1. The lowest BCUT2D eigenvalue weighted by Gasteiger charge is -2.21. The molecule has 4 nitrogen and oxygen atoms in total. The summed E-state index contributed by atoms with van der Waals surface area (Å²) in [6.45, 7) is 3.53. The summed E-state index contributed by atoms with van der Waals surface area (Å²) >= 11 is 1.52. The van der Waals surface area contributed by atoms with Gasteiger partial charge in [-0.3, -0.25) is 4.79 Å². The van der Waals surface area contributed by atoms with Crippen LogP contribution in [-0.4, -0.2) is 29.9 Å². The summed E-state index contributed by atoms with van der Waals surface area (Å²) in [5, 5.41) is 9.08. The second-order valence-electron chi connectivity index (χ2n) is 8.09. The van der Waals surface area contributed by atoms with Crippen LogP contribution in [0.1, 0.15) is 59.6 Å². The molecule has 1 aliphatic carbocycles. The summed E-state index contributed by atoms with van der Waals surface area (Å²) in [7, 11) is 0. The number of rotatable bonds is 6. The van der Waals surface area contributed by atoms with Gasteiger partial charge in [-0.25, -0.2) is 4.98 Å². The molecule has 1 amide bonds. The van der Waals surface area contributed by atoms with Crippen molar-refractivity contribution < 1.29 is 13.6 Å². The first-order valence-electron chi connectivity index (χ1n) is 11.0. The number of hydrogen-bond donors (Lipinski definition) is 2. The molecule has 32 heavy (non-hydrogen) atoms. The van der Waals surface area contributed by atoms with Gasteiger partial charge in [-0.15, -0.1) is 11.3 Å². The van der Waals surface area contributed by atoms with Crippen molar-refractivity contribution in [2.75, 3.05) is 18.4 Å². The van der Waals surface area contributed by atoms with E-state index in [9.17, 15) is 13.6 Å². The first-order valence-corrected chi connectivity index (χ1v) is 11.9. The number of thiazole rings is 1. The van der Waals surface area contributed by atoms with Crippen LogP contribution < -0.4 is 10.6 Å². The quantitative estimate of drug-likeness (QED) is 0.512. The highest BCUT2D eigenvalue weighted by molar-refractivity contribution is 7.10. The molecule has 0 atom stereocenters. The second-order valence-corrected chi connectivity index (χ2v) is 8.98. The first-order chi connectivity index (χ1) is 15.5. The van der Waals surface area contributed by atoms with Crippen LogP contribution in [0.3, 0.4) is 0 Å². The fourth-order valence-corrected chi connectivity index (χ4v) is 5.12. The molecule has 2 aliphatic rings. The van der Waals surface area contributed by atoms with Gasteiger partial charge in [0.1, 0.15) is 5.69 Å². The van der Waals surface area contributed by atoms with Gasteiger partial charge in [-0.05, 0) is 69.5 Å². The van der Waals surface area contributed by atoms with E-state index in [1.165, 1.54) is 17.4 Å². The summed E-state index contributed by atoms with van der Waals surface area (Å²) in [6.07, 6.45) is 8.69. The van der Waals surface area contributed by atoms with E-state index in [4.69, 9.17) is 0 Å². The lowest BCUT2D eigenvalue weighted by atomic mass is 9.90. The van der Waals surface area contributed by atoms with Gasteiger partial charge < -0.3 is 10.6 Å². The monoisotopic (exact) mass is 455 g/mol. The summed E-state index contributed by atoms with van der Waals surface area (Å²) in [6, 6.07) is 7.30. The maximum Gasteiger partial charge on any atom is 0.288 e. The number of amides is 1. The number of alkyl halides is 2. The third-order valence-corrected chi connectivity index (χ3v) is 6.85. The van der Waals surface area contributed by atoms with Crippen LogP contribution in [0.2, 0.25) is 0 Å². The molecule has 0 saturated carbocycles. The van der Waals surface area contributed by atoms with Gasteiger partial charge in [0.25, 0.3) is 11.8 Å². The first kappa shape index (κ1) is 22.6. The minimum atomic E-state index is -2.97. The van der Waals surface area contributed by atoms with Gasteiger partial charge in [0.2, 0.25) is 0 Å². The Balaban J connectivity index is 1.54. The lowest BCUT2D eigenvalue weighted by molar-refractivity contribution is 0.0927. The fraction of sp³-hybridized carbons (Fsp3) is 0.360. The van der Waals surface area contributed by atoms with Gasteiger partial charge in [0, 0.05) is 28.1 Å². The molecule has 2 N–H and O–H groups in total. The largest absolute Gasteiger partial charge is 0.320 e. The lowest BCUT2D eigenvalue weighted by Crippen LogP contribution is -2.26. The number of allylic oxidation sites excluding steroid dienone is 6. The van der Waals surface area contributed by atoms with Gasteiger partial charge >= 0.3 is 0 Å². The smallest absolute Gasteiger partial charge is 0.288 e. The number of nitrogens with one attached hydrogen (secondary N) is 2. The van der Waals surface area contributed by atoms with Crippen molar-refractivity contribution in [3.63, 3.8) is 0 Å². The Morgan fingerprint density at radius 1 is 1.28 bits per heavy atom. The third-order valence-electron chi connectivity index (χ3n) is 5.84. The molecule has 4 rings (SSSR count). The Kier molecular flexibility index (Phi) is 6.96. The van der Waals surface area contributed by atoms with Gasteiger partial charge in [0.05, 0.1) is 5.01 Å². The molecule has 168 valence electrons. The number of hydrogen-bond acceptors (Lipinski definition) is 4. The van der Waals surface area contributed by atoms with E-state index in [0.717, 1.165) is 42.6 Å². The summed E-state index contributed by atoms with van der Waals surface area (Å²) < 4.78 is 28.8. The average Bonchev–Trinajstić information content (AvgIpc) is 3.31. The molecule has 0 unspecified atom stereocenters. The second kappa shape index (κ2) is 9.88. The van der Waals surface area contributed by atoms with Crippen molar-refractivity contribution >= 4 is 28.5 Å². The number of halogens is 2. The van der Waals surface area contributed by atoms with E-state index in [0.29, 0.717) is 35.7 Å². The Hall–Kier alpha value is -2.64. The molecule has 1 saturated heterocycles. The van der Waals surface area contributed by atoms with Crippen LogP contribution in [0.4, 0.5) is 14.5 Å². The number of nitrogens with zero attached hydrogens (tertiary/aromatic N) is 1. The maximum absolute atomic E-state index is 14.4. The zero-order chi connectivity index (χ0) is 22.6. The molecule has 1 aliphatic heterocycles. The van der Waals surface area contributed by atoms with Gasteiger partial charge in [0.15, 0.2) is 0 Å². The standard InChI is InChI=1S/C25H27F2N3OS/c1-2-12-25(26,27)19-7-5-6-18(15-19)20-8-3-4-9-21(20)29-23(31)22-16-32-24(30-22)17-10-13-28-14-11-17/h2-4,6,8-9,12,15-17,28H,5,7,10-11,13-14H2,1H3,(H,29,31)/b12-2+. The molecular weight excluding hydrogens is 428 g/mol. The van der Waals surface area contributed by atoms with Crippen LogP contribution in [0.25, 0.3) is 5.57 Å². The maximum atomic E-state index is 14.4. The van der Waals surface area contributed by atoms with Crippen molar-refractivity contribution in [3.8, 4) is 0 Å². The number of anilines is 1. The van der Waals surface area contributed by atoms with Crippen LogP contribution in [0.15, 0.2) is 59.5 Å². The van der Waals surface area contributed by atoms with E-state index in [-0.39, 0.29) is 11.5 Å². The fourth-order valence-electron chi connectivity index (χ4n) is 4.15. The number of aromatic nitrogens is 1. The minimum absolute atomic E-state index is 0.0837. The third kappa shape index (κ3) is 5.05. The highest BCUT2D eigenvalue weighted by atomic mass is 32.1. The Bertz CT molecular complexity index is 1060. The van der Waals surface area contributed by atoms with Crippen LogP contribution in [0.5, 0.6) is 0 Å². The molecule has 2 aromatic rings. The van der Waals surface area contributed by atoms with Gasteiger partial charge in [-0.1, -0.05) is 30.4 Å². The topological polar surface area (TPSA) is 54.0 Å². The molecule has 0 bridgehead atoms.